The summed E-state index contributed by atoms with van der Waals surface area (Å²) in [5.74, 6) is 0.446. The Balaban J connectivity index is 1.99. The quantitative estimate of drug-likeness (QED) is 0.874. The number of pyridine rings is 1. The van der Waals surface area contributed by atoms with Gasteiger partial charge in [0.2, 0.25) is 0 Å². The average molecular weight is 291 g/mol. The molecule has 0 saturated heterocycles. The van der Waals surface area contributed by atoms with Crippen molar-refractivity contribution in [2.75, 3.05) is 18.1 Å². The van der Waals surface area contributed by atoms with Crippen molar-refractivity contribution in [2.24, 2.45) is 0 Å². The third kappa shape index (κ3) is 2.16. The van der Waals surface area contributed by atoms with Gasteiger partial charge in [0.25, 0.3) is 11.5 Å². The summed E-state index contributed by atoms with van der Waals surface area (Å²) in [6.45, 7) is 0.881. The van der Waals surface area contributed by atoms with Gasteiger partial charge in [0, 0.05) is 6.20 Å². The summed E-state index contributed by atoms with van der Waals surface area (Å²) in [6.07, 6.45) is 1.37. The van der Waals surface area contributed by atoms with Gasteiger partial charge in [-0.25, -0.2) is 0 Å². The minimum atomic E-state index is -0.411. The van der Waals surface area contributed by atoms with E-state index in [1.807, 2.05) is 24.3 Å². The first-order valence-electron chi connectivity index (χ1n) is 6.09. The Labute approximate surface area is 119 Å². The molecule has 0 atom stereocenters. The first-order valence-corrected chi connectivity index (χ1v) is 6.46. The Morgan fingerprint density at radius 1 is 1.35 bits per heavy atom. The number of aromatic amines is 1. The number of para-hydroxylation sites is 2. The number of anilines is 1. The molecular weight excluding hydrogens is 280 g/mol. The number of hydrogen-bond acceptors (Lipinski definition) is 3. The van der Waals surface area contributed by atoms with E-state index in [1.165, 1.54) is 12.3 Å². The predicted molar refractivity (Wildman–Crippen MR) is 75.7 cm³/mol. The Morgan fingerprint density at radius 2 is 2.15 bits per heavy atom. The van der Waals surface area contributed by atoms with Crippen LogP contribution in [0.1, 0.15) is 10.4 Å². The van der Waals surface area contributed by atoms with E-state index in [1.54, 1.807) is 4.90 Å². The first-order chi connectivity index (χ1) is 9.66. The lowest BCUT2D eigenvalue weighted by Crippen LogP contribution is -2.38. The first kappa shape index (κ1) is 12.7. The number of carbonyl (C=O) groups excluding carboxylic acids is 1. The molecule has 1 aliphatic heterocycles. The zero-order valence-electron chi connectivity index (χ0n) is 10.4. The Hall–Kier alpha value is -2.27. The van der Waals surface area contributed by atoms with Gasteiger partial charge >= 0.3 is 0 Å². The van der Waals surface area contributed by atoms with Crippen molar-refractivity contribution in [3.8, 4) is 5.75 Å². The summed E-state index contributed by atoms with van der Waals surface area (Å²) in [4.78, 5) is 27.8. The highest BCUT2D eigenvalue weighted by Crippen LogP contribution is 2.31. The van der Waals surface area contributed by atoms with E-state index in [2.05, 4.69) is 4.98 Å². The predicted octanol–water partition coefficient (Wildman–Crippen LogP) is 2.07. The van der Waals surface area contributed by atoms with Crippen LogP contribution in [0.3, 0.4) is 0 Å². The average Bonchev–Trinajstić information content (AvgIpc) is 2.49. The zero-order valence-corrected chi connectivity index (χ0v) is 11.2. The van der Waals surface area contributed by atoms with Crippen molar-refractivity contribution in [3.63, 3.8) is 0 Å². The number of fused-ring (bicyclic) bond motifs is 1. The molecule has 3 rings (SSSR count). The molecule has 0 unspecified atom stereocenters. The van der Waals surface area contributed by atoms with Crippen molar-refractivity contribution < 1.29 is 9.53 Å². The Bertz CT molecular complexity index is 726. The molecule has 2 heterocycles. The van der Waals surface area contributed by atoms with Crippen molar-refractivity contribution in [1.29, 1.82) is 0 Å². The number of nitrogens with zero attached hydrogens (tertiary/aromatic N) is 1. The molecule has 0 spiro atoms. The third-order valence-electron chi connectivity index (χ3n) is 3.08. The summed E-state index contributed by atoms with van der Waals surface area (Å²) in [5.41, 5.74) is 0.642. The molecule has 0 radical (unpaired) electrons. The topological polar surface area (TPSA) is 62.4 Å². The van der Waals surface area contributed by atoms with Crippen molar-refractivity contribution in [2.45, 2.75) is 0 Å². The molecule has 5 nitrogen and oxygen atoms in total. The molecule has 2 aromatic rings. The maximum absolute atomic E-state index is 12.5. The Kier molecular flexibility index (Phi) is 3.20. The minimum Gasteiger partial charge on any atom is -0.490 e. The maximum Gasteiger partial charge on any atom is 0.266 e. The number of ether oxygens (including phenoxy) is 1. The monoisotopic (exact) mass is 290 g/mol. The third-order valence-corrected chi connectivity index (χ3v) is 3.36. The van der Waals surface area contributed by atoms with Gasteiger partial charge in [0.15, 0.2) is 0 Å². The van der Waals surface area contributed by atoms with Crippen LogP contribution in [0.2, 0.25) is 5.02 Å². The number of benzene rings is 1. The normalized spacial score (nSPS) is 13.6. The number of hydrogen-bond donors (Lipinski definition) is 1. The fourth-order valence-electron chi connectivity index (χ4n) is 2.12. The van der Waals surface area contributed by atoms with Crippen LogP contribution >= 0.6 is 11.6 Å². The molecule has 1 N–H and O–H groups in total. The summed E-state index contributed by atoms with van der Waals surface area (Å²) < 4.78 is 5.50. The SMILES string of the molecule is O=C(c1c[nH]c(=O)c(Cl)c1)N1CCOc2ccccc21. The van der Waals surface area contributed by atoms with E-state index in [-0.39, 0.29) is 10.9 Å². The van der Waals surface area contributed by atoms with Gasteiger partial charge in [0.05, 0.1) is 17.8 Å². The molecule has 102 valence electrons. The number of halogens is 1. The molecular formula is C14H11ClN2O3. The molecule has 0 aliphatic carbocycles. The zero-order chi connectivity index (χ0) is 14.1. The molecule has 0 bridgehead atoms. The van der Waals surface area contributed by atoms with Gasteiger partial charge in [-0.05, 0) is 18.2 Å². The van der Waals surface area contributed by atoms with Crippen LogP contribution in [0.5, 0.6) is 5.75 Å². The maximum atomic E-state index is 12.5. The minimum absolute atomic E-state index is 0.00241. The molecule has 1 aromatic carbocycles. The second-order valence-corrected chi connectivity index (χ2v) is 4.75. The molecule has 0 fully saturated rings. The van der Waals surface area contributed by atoms with E-state index >= 15 is 0 Å². The largest absolute Gasteiger partial charge is 0.490 e. The molecule has 1 aliphatic rings. The number of aromatic nitrogens is 1. The standard InChI is InChI=1S/C14H11ClN2O3/c15-10-7-9(8-16-13(10)18)14(19)17-5-6-20-12-4-2-1-3-11(12)17/h1-4,7-8H,5-6H2,(H,16,18). The number of carbonyl (C=O) groups is 1. The van der Waals surface area contributed by atoms with Crippen LogP contribution in [0.4, 0.5) is 5.69 Å². The van der Waals surface area contributed by atoms with E-state index in [9.17, 15) is 9.59 Å². The van der Waals surface area contributed by atoms with E-state index in [0.29, 0.717) is 30.2 Å². The smallest absolute Gasteiger partial charge is 0.266 e. The van der Waals surface area contributed by atoms with E-state index in [0.717, 1.165) is 0 Å². The van der Waals surface area contributed by atoms with Gasteiger partial charge in [-0.1, -0.05) is 23.7 Å². The second-order valence-electron chi connectivity index (χ2n) is 4.34. The lowest BCUT2D eigenvalue weighted by Gasteiger charge is -2.29. The summed E-state index contributed by atoms with van der Waals surface area (Å²) in [6, 6.07) is 8.70. The summed E-state index contributed by atoms with van der Waals surface area (Å²) in [5, 5.41) is -0.00241. The molecule has 1 aromatic heterocycles. The van der Waals surface area contributed by atoms with Gasteiger partial charge in [0.1, 0.15) is 17.4 Å². The number of amides is 1. The fourth-order valence-corrected chi connectivity index (χ4v) is 2.29. The highest BCUT2D eigenvalue weighted by molar-refractivity contribution is 6.30. The van der Waals surface area contributed by atoms with Gasteiger partial charge in [-0.3, -0.25) is 9.59 Å². The van der Waals surface area contributed by atoms with Gasteiger partial charge in [-0.2, -0.15) is 0 Å². The number of rotatable bonds is 1. The Morgan fingerprint density at radius 3 is 2.95 bits per heavy atom. The summed E-state index contributed by atoms with van der Waals surface area (Å²) in [7, 11) is 0. The van der Waals surface area contributed by atoms with Crippen molar-refractivity contribution in [1.82, 2.24) is 4.98 Å². The summed E-state index contributed by atoms with van der Waals surface area (Å²) >= 11 is 5.76. The lowest BCUT2D eigenvalue weighted by atomic mass is 10.2. The van der Waals surface area contributed by atoms with Crippen molar-refractivity contribution >= 4 is 23.2 Å². The highest BCUT2D eigenvalue weighted by atomic mass is 35.5. The number of nitrogens with one attached hydrogen (secondary N) is 1. The van der Waals surface area contributed by atoms with Gasteiger partial charge < -0.3 is 14.6 Å². The molecule has 0 saturated carbocycles. The molecule has 20 heavy (non-hydrogen) atoms. The van der Waals surface area contributed by atoms with E-state index < -0.39 is 5.56 Å². The van der Waals surface area contributed by atoms with Crippen LogP contribution < -0.4 is 15.2 Å². The number of H-pyrrole nitrogens is 1. The van der Waals surface area contributed by atoms with Crippen LogP contribution in [0.25, 0.3) is 0 Å². The lowest BCUT2D eigenvalue weighted by molar-refractivity contribution is 0.0976. The molecule has 6 heteroatoms. The fraction of sp³-hybridized carbons (Fsp3) is 0.143. The van der Waals surface area contributed by atoms with Gasteiger partial charge in [-0.15, -0.1) is 0 Å². The van der Waals surface area contributed by atoms with Crippen molar-refractivity contribution in [3.05, 3.63) is 57.5 Å². The van der Waals surface area contributed by atoms with E-state index in [4.69, 9.17) is 16.3 Å². The van der Waals surface area contributed by atoms with Crippen LogP contribution in [0, 0.1) is 0 Å². The van der Waals surface area contributed by atoms with Crippen LogP contribution in [-0.4, -0.2) is 24.0 Å². The molecule has 1 amide bonds. The second kappa shape index (κ2) is 5.02. The van der Waals surface area contributed by atoms with Crippen LogP contribution in [-0.2, 0) is 0 Å². The van der Waals surface area contributed by atoms with Crippen LogP contribution in [0.15, 0.2) is 41.3 Å². The highest BCUT2D eigenvalue weighted by Gasteiger charge is 2.24.